The molecule has 3 N–H and O–H groups in total. The van der Waals surface area contributed by atoms with Crippen molar-refractivity contribution < 1.29 is 15.2 Å². The van der Waals surface area contributed by atoms with Gasteiger partial charge in [-0.25, -0.2) is 0 Å². The second-order valence-corrected chi connectivity index (χ2v) is 4.82. The number of hydrogen-bond donors (Lipinski definition) is 3. The van der Waals surface area contributed by atoms with E-state index in [0.717, 1.165) is 10.8 Å². The maximum atomic E-state index is 9.98. The molecular formula is C16H13BN2O3. The van der Waals surface area contributed by atoms with Crippen LogP contribution in [0.3, 0.4) is 0 Å². The first kappa shape index (κ1) is 14.3. The summed E-state index contributed by atoms with van der Waals surface area (Å²) in [5.41, 5.74) is 1.34. The van der Waals surface area contributed by atoms with E-state index >= 15 is 0 Å². The van der Waals surface area contributed by atoms with Crippen molar-refractivity contribution in [1.82, 2.24) is 0 Å². The molecule has 3 aromatic carbocycles. The first-order valence-electron chi connectivity index (χ1n) is 6.74. The van der Waals surface area contributed by atoms with E-state index in [0.29, 0.717) is 16.8 Å². The highest BCUT2D eigenvalue weighted by Crippen LogP contribution is 2.35. The summed E-state index contributed by atoms with van der Waals surface area (Å²) in [5.74, 6) is 0.0600. The normalized spacial score (nSPS) is 11.2. The summed E-state index contributed by atoms with van der Waals surface area (Å²) >= 11 is 0. The molecule has 108 valence electrons. The van der Waals surface area contributed by atoms with Gasteiger partial charge in [-0.1, -0.05) is 42.5 Å². The second kappa shape index (κ2) is 5.97. The molecule has 0 aromatic heterocycles. The van der Waals surface area contributed by atoms with Gasteiger partial charge in [-0.3, -0.25) is 0 Å². The van der Waals surface area contributed by atoms with Crippen molar-refractivity contribution in [3.8, 4) is 5.75 Å². The van der Waals surface area contributed by atoms with Gasteiger partial charge in [0.2, 0.25) is 0 Å². The number of phenols is 1. The zero-order valence-electron chi connectivity index (χ0n) is 11.6. The molecule has 3 aromatic rings. The van der Waals surface area contributed by atoms with Crippen molar-refractivity contribution in [2.45, 2.75) is 0 Å². The van der Waals surface area contributed by atoms with Crippen LogP contribution in [0.2, 0.25) is 0 Å². The standard InChI is InChI=1S/C16H13BN2O3/c20-15-10-5-11-3-1-2-4-14(11)16(15)19-18-13-8-6-12(7-9-13)17(21)22/h1-10,20-22H. The van der Waals surface area contributed by atoms with E-state index in [2.05, 4.69) is 10.2 Å². The van der Waals surface area contributed by atoms with Gasteiger partial charge in [0.15, 0.2) is 0 Å². The fraction of sp³-hybridized carbons (Fsp3) is 0. The Morgan fingerprint density at radius 1 is 0.773 bits per heavy atom. The van der Waals surface area contributed by atoms with Crippen molar-refractivity contribution in [1.29, 1.82) is 0 Å². The first-order valence-corrected chi connectivity index (χ1v) is 6.74. The summed E-state index contributed by atoms with van der Waals surface area (Å²) in [5, 5.41) is 38.1. The molecule has 0 atom stereocenters. The van der Waals surface area contributed by atoms with Crippen molar-refractivity contribution >= 4 is 34.7 Å². The Labute approximate surface area is 127 Å². The lowest BCUT2D eigenvalue weighted by atomic mass is 9.80. The van der Waals surface area contributed by atoms with Gasteiger partial charge in [0, 0.05) is 5.39 Å². The smallest absolute Gasteiger partial charge is 0.488 e. The van der Waals surface area contributed by atoms with Crippen LogP contribution in [-0.2, 0) is 0 Å². The van der Waals surface area contributed by atoms with E-state index in [1.54, 1.807) is 30.3 Å². The molecule has 0 radical (unpaired) electrons. The molecule has 0 aliphatic carbocycles. The van der Waals surface area contributed by atoms with Crippen molar-refractivity contribution in [2.24, 2.45) is 10.2 Å². The number of hydrogen-bond acceptors (Lipinski definition) is 5. The highest BCUT2D eigenvalue weighted by Gasteiger charge is 2.10. The van der Waals surface area contributed by atoms with Crippen LogP contribution < -0.4 is 5.46 Å². The highest BCUT2D eigenvalue weighted by molar-refractivity contribution is 6.58. The molecule has 0 fully saturated rings. The van der Waals surface area contributed by atoms with Gasteiger partial charge in [0.25, 0.3) is 0 Å². The van der Waals surface area contributed by atoms with Crippen LogP contribution in [0.4, 0.5) is 11.4 Å². The molecule has 6 heteroatoms. The summed E-state index contributed by atoms with van der Waals surface area (Å²) in [6.45, 7) is 0. The topological polar surface area (TPSA) is 85.4 Å². The molecule has 0 saturated carbocycles. The maximum absolute atomic E-state index is 9.98. The highest BCUT2D eigenvalue weighted by atomic mass is 16.4. The minimum absolute atomic E-state index is 0.0600. The molecule has 0 heterocycles. The Morgan fingerprint density at radius 3 is 2.23 bits per heavy atom. The second-order valence-electron chi connectivity index (χ2n) is 4.82. The van der Waals surface area contributed by atoms with Gasteiger partial charge in [0.1, 0.15) is 11.4 Å². The molecule has 0 unspecified atom stereocenters. The summed E-state index contributed by atoms with van der Waals surface area (Å²) in [6.07, 6.45) is 0. The molecule has 0 bridgehead atoms. The van der Waals surface area contributed by atoms with Gasteiger partial charge < -0.3 is 15.2 Å². The minimum Gasteiger partial charge on any atom is -0.506 e. The van der Waals surface area contributed by atoms with Crippen molar-refractivity contribution in [2.75, 3.05) is 0 Å². The van der Waals surface area contributed by atoms with Gasteiger partial charge in [-0.15, -0.1) is 5.11 Å². The number of aromatic hydroxyl groups is 1. The Bertz CT molecular complexity index is 832. The third-order valence-corrected chi connectivity index (χ3v) is 3.34. The zero-order chi connectivity index (χ0) is 15.5. The average molecular weight is 292 g/mol. The summed E-state index contributed by atoms with van der Waals surface area (Å²) in [7, 11) is -1.51. The number of rotatable bonds is 3. The summed E-state index contributed by atoms with van der Waals surface area (Å²) in [6, 6.07) is 17.4. The molecule has 0 saturated heterocycles. The summed E-state index contributed by atoms with van der Waals surface area (Å²) < 4.78 is 0. The van der Waals surface area contributed by atoms with E-state index in [-0.39, 0.29) is 5.75 Å². The SMILES string of the molecule is OB(O)c1ccc(N=Nc2c(O)ccc3ccccc23)cc1. The Balaban J connectivity index is 1.97. The van der Waals surface area contributed by atoms with Crippen LogP contribution >= 0.6 is 0 Å². The van der Waals surface area contributed by atoms with Crippen LogP contribution in [0, 0.1) is 0 Å². The quantitative estimate of drug-likeness (QED) is 0.512. The fourth-order valence-corrected chi connectivity index (χ4v) is 2.17. The molecule has 0 spiro atoms. The van der Waals surface area contributed by atoms with Crippen LogP contribution in [0.1, 0.15) is 0 Å². The Kier molecular flexibility index (Phi) is 3.87. The van der Waals surface area contributed by atoms with E-state index in [9.17, 15) is 5.11 Å². The van der Waals surface area contributed by atoms with E-state index in [4.69, 9.17) is 10.0 Å². The zero-order valence-corrected chi connectivity index (χ0v) is 11.6. The molecule has 22 heavy (non-hydrogen) atoms. The van der Waals surface area contributed by atoms with Gasteiger partial charge in [0.05, 0.1) is 5.69 Å². The van der Waals surface area contributed by atoms with E-state index < -0.39 is 7.12 Å². The van der Waals surface area contributed by atoms with Crippen LogP contribution in [0.15, 0.2) is 70.9 Å². The maximum Gasteiger partial charge on any atom is 0.488 e. The molecular weight excluding hydrogens is 279 g/mol. The number of benzene rings is 3. The predicted octanol–water partition coefficient (Wildman–Crippen LogP) is 2.64. The first-order chi connectivity index (χ1) is 10.6. The molecule has 0 amide bonds. The van der Waals surface area contributed by atoms with Gasteiger partial charge in [-0.05, 0) is 29.0 Å². The van der Waals surface area contributed by atoms with Crippen LogP contribution in [-0.4, -0.2) is 22.3 Å². The van der Waals surface area contributed by atoms with Crippen LogP contribution in [0.25, 0.3) is 10.8 Å². The minimum atomic E-state index is -1.51. The van der Waals surface area contributed by atoms with Crippen LogP contribution in [0.5, 0.6) is 5.75 Å². The number of fused-ring (bicyclic) bond motifs is 1. The van der Waals surface area contributed by atoms with E-state index in [1.165, 1.54) is 0 Å². The molecule has 0 aliphatic heterocycles. The lowest BCUT2D eigenvalue weighted by molar-refractivity contribution is 0.426. The number of phenolic OH excluding ortho intramolecular Hbond substituents is 1. The largest absolute Gasteiger partial charge is 0.506 e. The average Bonchev–Trinajstić information content (AvgIpc) is 2.54. The van der Waals surface area contributed by atoms with E-state index in [1.807, 2.05) is 30.3 Å². The number of azo groups is 1. The predicted molar refractivity (Wildman–Crippen MR) is 86.1 cm³/mol. The third-order valence-electron chi connectivity index (χ3n) is 3.34. The third kappa shape index (κ3) is 2.83. The Morgan fingerprint density at radius 2 is 1.50 bits per heavy atom. The monoisotopic (exact) mass is 292 g/mol. The fourth-order valence-electron chi connectivity index (χ4n) is 2.17. The summed E-state index contributed by atoms with van der Waals surface area (Å²) in [4.78, 5) is 0. The molecule has 3 rings (SSSR count). The van der Waals surface area contributed by atoms with Gasteiger partial charge >= 0.3 is 7.12 Å². The molecule has 0 aliphatic rings. The molecule has 5 nitrogen and oxygen atoms in total. The number of nitrogens with zero attached hydrogens (tertiary/aromatic N) is 2. The lowest BCUT2D eigenvalue weighted by Gasteiger charge is -2.03. The lowest BCUT2D eigenvalue weighted by Crippen LogP contribution is -2.29. The van der Waals surface area contributed by atoms with Crippen molar-refractivity contribution in [3.05, 3.63) is 60.7 Å². The Hall–Kier alpha value is -2.70. The van der Waals surface area contributed by atoms with Crippen molar-refractivity contribution in [3.63, 3.8) is 0 Å². The van der Waals surface area contributed by atoms with Gasteiger partial charge in [-0.2, -0.15) is 5.11 Å².